The van der Waals surface area contributed by atoms with E-state index in [1.165, 1.54) is 35.7 Å². The van der Waals surface area contributed by atoms with E-state index in [2.05, 4.69) is 4.98 Å². The van der Waals surface area contributed by atoms with E-state index < -0.39 is 16.0 Å². The van der Waals surface area contributed by atoms with Gasteiger partial charge in [-0.15, -0.1) is 0 Å². The van der Waals surface area contributed by atoms with Gasteiger partial charge in [0.1, 0.15) is 4.90 Å². The van der Waals surface area contributed by atoms with Crippen molar-refractivity contribution in [2.75, 3.05) is 7.11 Å². The van der Waals surface area contributed by atoms with E-state index in [0.29, 0.717) is 11.3 Å². The van der Waals surface area contributed by atoms with Crippen LogP contribution < -0.4 is 0 Å². The summed E-state index contributed by atoms with van der Waals surface area (Å²) in [5.74, 6) is -0.381. The summed E-state index contributed by atoms with van der Waals surface area (Å²) in [5, 5.41) is 0. The zero-order valence-corrected chi connectivity index (χ0v) is 15.5. The smallest absolute Gasteiger partial charge is 0.339 e. The highest BCUT2D eigenvalue weighted by atomic mass is 32.2. The fourth-order valence-corrected chi connectivity index (χ4v) is 4.60. The monoisotopic (exact) mass is 382 g/mol. The molecule has 0 saturated heterocycles. The molecule has 138 valence electrons. The molecule has 3 aromatic rings. The highest BCUT2D eigenvalue weighted by Gasteiger charge is 2.37. The Morgan fingerprint density at radius 2 is 1.89 bits per heavy atom. The van der Waals surface area contributed by atoms with Gasteiger partial charge in [0.05, 0.1) is 18.4 Å². The number of hydrogen-bond donors (Lipinski definition) is 0. The van der Waals surface area contributed by atoms with Crippen LogP contribution in [-0.4, -0.2) is 30.5 Å². The zero-order valence-electron chi connectivity index (χ0n) is 14.7. The summed E-state index contributed by atoms with van der Waals surface area (Å²) in [6.07, 6.45) is 6.03. The van der Waals surface area contributed by atoms with Crippen molar-refractivity contribution in [3.63, 3.8) is 0 Å². The van der Waals surface area contributed by atoms with Crippen LogP contribution in [0.15, 0.2) is 66.0 Å². The third-order valence-corrected chi connectivity index (χ3v) is 6.28. The van der Waals surface area contributed by atoms with Crippen molar-refractivity contribution in [1.82, 2.24) is 8.96 Å². The first-order chi connectivity index (χ1) is 13.0. The largest absolute Gasteiger partial charge is 0.465 e. The summed E-state index contributed by atoms with van der Waals surface area (Å²) in [5.41, 5.74) is 2.29. The lowest BCUT2D eigenvalue weighted by molar-refractivity contribution is 0.0599. The van der Waals surface area contributed by atoms with Gasteiger partial charge in [0.25, 0.3) is 10.0 Å². The number of hydrogen-bond acceptors (Lipinski definition) is 5. The molecule has 2 aromatic heterocycles. The number of carbonyl (C=O) groups is 1. The summed E-state index contributed by atoms with van der Waals surface area (Å²) in [6, 6.07) is 12.3. The SMILES string of the molecule is COC(=O)c1cn(S(=O)(=O)c2cccnc2)c(-c2ccccc2)c1C1CC1. The first-order valence-corrected chi connectivity index (χ1v) is 10.0. The number of esters is 1. The Bertz CT molecular complexity index is 1090. The average Bonchev–Trinajstić information content (AvgIpc) is 3.47. The Labute approximate surface area is 157 Å². The molecule has 2 heterocycles. The first-order valence-electron chi connectivity index (χ1n) is 8.58. The van der Waals surface area contributed by atoms with Crippen molar-refractivity contribution in [3.05, 3.63) is 72.2 Å². The van der Waals surface area contributed by atoms with E-state index in [4.69, 9.17) is 4.74 Å². The van der Waals surface area contributed by atoms with Gasteiger partial charge in [-0.3, -0.25) is 4.98 Å². The van der Waals surface area contributed by atoms with Crippen LogP contribution >= 0.6 is 0 Å². The van der Waals surface area contributed by atoms with E-state index in [9.17, 15) is 13.2 Å². The number of nitrogens with zero attached hydrogens (tertiary/aromatic N) is 2. The second-order valence-electron chi connectivity index (χ2n) is 6.43. The minimum Gasteiger partial charge on any atom is -0.465 e. The number of rotatable bonds is 5. The first kappa shape index (κ1) is 17.5. The summed E-state index contributed by atoms with van der Waals surface area (Å²) in [4.78, 5) is 16.4. The number of pyridine rings is 1. The van der Waals surface area contributed by atoms with Gasteiger partial charge in [0.15, 0.2) is 0 Å². The van der Waals surface area contributed by atoms with Crippen LogP contribution in [0.1, 0.15) is 34.7 Å². The fourth-order valence-electron chi connectivity index (χ4n) is 3.24. The Morgan fingerprint density at radius 1 is 1.15 bits per heavy atom. The second kappa shape index (κ2) is 6.66. The molecule has 0 N–H and O–H groups in total. The quantitative estimate of drug-likeness (QED) is 0.632. The maximum absolute atomic E-state index is 13.3. The summed E-state index contributed by atoms with van der Waals surface area (Å²) >= 11 is 0. The normalized spacial score (nSPS) is 14.1. The molecule has 6 nitrogen and oxygen atoms in total. The van der Waals surface area contributed by atoms with E-state index in [0.717, 1.165) is 24.0 Å². The lowest BCUT2D eigenvalue weighted by atomic mass is 10.0. The molecule has 1 aromatic carbocycles. The molecule has 0 atom stereocenters. The molecule has 0 radical (unpaired) electrons. The van der Waals surface area contributed by atoms with E-state index in [-0.39, 0.29) is 10.8 Å². The molecule has 0 unspecified atom stereocenters. The van der Waals surface area contributed by atoms with E-state index >= 15 is 0 Å². The standard InChI is InChI=1S/C20H18N2O4S/c1-26-20(23)17-13-22(27(24,25)16-8-5-11-21-12-16)19(18(17)14-9-10-14)15-6-3-2-4-7-15/h2-8,11-14H,9-10H2,1H3. The maximum atomic E-state index is 13.3. The molecule has 7 heteroatoms. The van der Waals surface area contributed by atoms with Crippen molar-refractivity contribution < 1.29 is 17.9 Å². The lowest BCUT2D eigenvalue weighted by Gasteiger charge is -2.12. The molecule has 1 aliphatic rings. The third kappa shape index (κ3) is 3.04. The molecule has 0 spiro atoms. The lowest BCUT2D eigenvalue weighted by Crippen LogP contribution is -2.14. The summed E-state index contributed by atoms with van der Waals surface area (Å²) in [7, 11) is -2.62. The Hall–Kier alpha value is -2.93. The van der Waals surface area contributed by atoms with Crippen LogP contribution in [0.25, 0.3) is 11.3 Å². The number of ether oxygens (including phenoxy) is 1. The van der Waals surface area contributed by atoms with Crippen molar-refractivity contribution in [3.8, 4) is 11.3 Å². The van der Waals surface area contributed by atoms with Crippen LogP contribution in [0.3, 0.4) is 0 Å². The van der Waals surface area contributed by atoms with Gasteiger partial charge in [-0.05, 0) is 42.0 Å². The number of aromatic nitrogens is 2. The van der Waals surface area contributed by atoms with E-state index in [1.54, 1.807) is 6.07 Å². The van der Waals surface area contributed by atoms with Gasteiger partial charge in [-0.25, -0.2) is 17.2 Å². The average molecular weight is 382 g/mol. The van der Waals surface area contributed by atoms with Gasteiger partial charge >= 0.3 is 5.97 Å². The molecule has 0 bridgehead atoms. The Kier molecular flexibility index (Phi) is 4.31. The molecule has 0 aliphatic heterocycles. The molecule has 4 rings (SSSR count). The molecular formula is C20H18N2O4S. The molecule has 1 fully saturated rings. The summed E-state index contributed by atoms with van der Waals surface area (Å²) < 4.78 is 32.7. The molecular weight excluding hydrogens is 364 g/mol. The molecule has 1 aliphatic carbocycles. The highest BCUT2D eigenvalue weighted by molar-refractivity contribution is 7.90. The number of benzene rings is 1. The predicted molar refractivity (Wildman–Crippen MR) is 100 cm³/mol. The molecule has 0 amide bonds. The Morgan fingerprint density at radius 3 is 2.48 bits per heavy atom. The van der Waals surface area contributed by atoms with Crippen LogP contribution in [0, 0.1) is 0 Å². The van der Waals surface area contributed by atoms with Gasteiger partial charge in [-0.1, -0.05) is 30.3 Å². The van der Waals surface area contributed by atoms with Gasteiger partial charge < -0.3 is 4.74 Å². The maximum Gasteiger partial charge on any atom is 0.339 e. The number of methoxy groups -OCH3 is 1. The van der Waals surface area contributed by atoms with Crippen molar-refractivity contribution in [2.24, 2.45) is 0 Å². The van der Waals surface area contributed by atoms with Crippen LogP contribution in [0.5, 0.6) is 0 Å². The van der Waals surface area contributed by atoms with Crippen molar-refractivity contribution in [1.29, 1.82) is 0 Å². The molecule has 27 heavy (non-hydrogen) atoms. The topological polar surface area (TPSA) is 78.3 Å². The van der Waals surface area contributed by atoms with Gasteiger partial charge in [0, 0.05) is 18.6 Å². The van der Waals surface area contributed by atoms with Gasteiger partial charge in [0.2, 0.25) is 0 Å². The van der Waals surface area contributed by atoms with Crippen LogP contribution in [0.2, 0.25) is 0 Å². The summed E-state index contributed by atoms with van der Waals surface area (Å²) in [6.45, 7) is 0. The Balaban J connectivity index is 2.03. The van der Waals surface area contributed by atoms with Crippen LogP contribution in [0.4, 0.5) is 0 Å². The van der Waals surface area contributed by atoms with Crippen molar-refractivity contribution in [2.45, 2.75) is 23.7 Å². The zero-order chi connectivity index (χ0) is 19.0. The second-order valence-corrected chi connectivity index (χ2v) is 8.24. The molecule has 1 saturated carbocycles. The van der Waals surface area contributed by atoms with Crippen LogP contribution in [-0.2, 0) is 14.8 Å². The number of carbonyl (C=O) groups excluding carboxylic acids is 1. The minimum atomic E-state index is -3.92. The minimum absolute atomic E-state index is 0.0657. The third-order valence-electron chi connectivity index (χ3n) is 4.64. The fraction of sp³-hybridized carbons (Fsp3) is 0.200. The highest BCUT2D eigenvalue weighted by Crippen LogP contribution is 2.47. The predicted octanol–water partition coefficient (Wildman–Crippen LogP) is 3.45. The van der Waals surface area contributed by atoms with Crippen molar-refractivity contribution >= 4 is 16.0 Å². The van der Waals surface area contributed by atoms with Gasteiger partial charge in [-0.2, -0.15) is 0 Å². The van der Waals surface area contributed by atoms with E-state index in [1.807, 2.05) is 30.3 Å².